The molecule has 7 nitrogen and oxygen atoms in total. The molecule has 1 amide bonds. The van der Waals surface area contributed by atoms with Crippen molar-refractivity contribution in [2.24, 2.45) is 5.92 Å². The molecule has 7 heteroatoms. The molecule has 1 aliphatic rings. The van der Waals surface area contributed by atoms with E-state index in [1.807, 2.05) is 73.8 Å². The highest BCUT2D eigenvalue weighted by molar-refractivity contribution is 5.95. The first-order chi connectivity index (χ1) is 17.5. The molecule has 36 heavy (non-hydrogen) atoms. The summed E-state index contributed by atoms with van der Waals surface area (Å²) in [5, 5.41) is 13.5. The van der Waals surface area contributed by atoms with E-state index in [4.69, 9.17) is 9.47 Å². The molecule has 0 spiro atoms. The summed E-state index contributed by atoms with van der Waals surface area (Å²) in [6.07, 6.45) is 4.99. The van der Waals surface area contributed by atoms with Crippen LogP contribution >= 0.6 is 0 Å². The van der Waals surface area contributed by atoms with E-state index in [1.54, 1.807) is 4.57 Å². The number of nitrogens with zero attached hydrogens (tertiary/aromatic N) is 1. The number of fused-ring (bicyclic) bond motifs is 1. The predicted octanol–water partition coefficient (Wildman–Crippen LogP) is 4.41. The third kappa shape index (κ3) is 5.69. The van der Waals surface area contributed by atoms with Crippen LogP contribution in [0.3, 0.4) is 0 Å². The maximum absolute atomic E-state index is 13.2. The summed E-state index contributed by atoms with van der Waals surface area (Å²) in [6.45, 7) is 4.37. The van der Waals surface area contributed by atoms with Crippen LogP contribution in [0.1, 0.15) is 48.5 Å². The topological polar surface area (TPSA) is 89.8 Å². The van der Waals surface area contributed by atoms with Gasteiger partial charge in [-0.15, -0.1) is 0 Å². The lowest BCUT2D eigenvalue weighted by molar-refractivity contribution is -0.166. The molecule has 3 atom stereocenters. The number of aliphatic hydroxyl groups excluding tert-OH is 1. The molecular formula is C29H34N2O5. The second kappa shape index (κ2) is 12.0. The van der Waals surface area contributed by atoms with Crippen molar-refractivity contribution in [3.8, 4) is 0 Å². The van der Waals surface area contributed by atoms with Gasteiger partial charge in [-0.25, -0.2) is 0 Å². The summed E-state index contributed by atoms with van der Waals surface area (Å²) in [7, 11) is 0. The number of hydrogen-bond donors (Lipinski definition) is 2. The maximum Gasteiger partial charge on any atom is 0.286 e. The highest BCUT2D eigenvalue weighted by Crippen LogP contribution is 2.42. The van der Waals surface area contributed by atoms with Crippen molar-refractivity contribution in [1.82, 2.24) is 9.88 Å². The third-order valence-corrected chi connectivity index (χ3v) is 6.62. The van der Waals surface area contributed by atoms with Gasteiger partial charge in [0.25, 0.3) is 5.91 Å². The molecule has 0 fully saturated rings. The van der Waals surface area contributed by atoms with Gasteiger partial charge in [-0.2, -0.15) is 0 Å². The van der Waals surface area contributed by atoms with Crippen molar-refractivity contribution in [1.29, 1.82) is 0 Å². The summed E-state index contributed by atoms with van der Waals surface area (Å²) < 4.78 is 13.7. The first-order valence-electron chi connectivity index (χ1n) is 12.6. The Morgan fingerprint density at radius 1 is 1.11 bits per heavy atom. The van der Waals surface area contributed by atoms with Gasteiger partial charge in [0.2, 0.25) is 12.2 Å². The minimum atomic E-state index is -0.647. The van der Waals surface area contributed by atoms with Crippen molar-refractivity contribution < 1.29 is 24.2 Å². The van der Waals surface area contributed by atoms with E-state index in [0.717, 1.165) is 22.0 Å². The highest BCUT2D eigenvalue weighted by atomic mass is 16.7. The maximum atomic E-state index is 13.2. The van der Waals surface area contributed by atoms with E-state index in [-0.39, 0.29) is 36.0 Å². The summed E-state index contributed by atoms with van der Waals surface area (Å²) in [6, 6.07) is 17.7. The number of nitrogens with one attached hydrogen (secondary N) is 1. The predicted molar refractivity (Wildman–Crippen MR) is 139 cm³/mol. The Labute approximate surface area is 211 Å². The first-order valence-corrected chi connectivity index (χ1v) is 12.6. The van der Waals surface area contributed by atoms with Crippen LogP contribution in [0.4, 0.5) is 0 Å². The average Bonchev–Trinajstić information content (AvgIpc) is 3.28. The number of para-hydroxylation sites is 1. The number of carbonyl (C=O) groups excluding carboxylic acids is 2. The molecule has 190 valence electrons. The molecule has 0 aliphatic carbocycles. The fourth-order valence-electron chi connectivity index (χ4n) is 4.91. The van der Waals surface area contributed by atoms with Crippen LogP contribution in [-0.2, 0) is 20.7 Å². The van der Waals surface area contributed by atoms with Gasteiger partial charge in [-0.3, -0.25) is 14.2 Å². The lowest BCUT2D eigenvalue weighted by atomic mass is 9.80. The van der Waals surface area contributed by atoms with E-state index < -0.39 is 6.29 Å². The summed E-state index contributed by atoms with van der Waals surface area (Å²) in [5.41, 5.74) is 2.90. The molecule has 1 aromatic heterocycles. The molecular weight excluding hydrogens is 456 g/mol. The van der Waals surface area contributed by atoms with E-state index in [0.29, 0.717) is 32.4 Å². The summed E-state index contributed by atoms with van der Waals surface area (Å²) in [4.78, 5) is 25.5. The molecule has 1 aliphatic heterocycles. The van der Waals surface area contributed by atoms with Crippen molar-refractivity contribution in [3.05, 3.63) is 83.8 Å². The quantitative estimate of drug-likeness (QED) is 0.439. The van der Waals surface area contributed by atoms with Gasteiger partial charge < -0.3 is 19.9 Å². The minimum absolute atomic E-state index is 0.0494. The molecule has 2 heterocycles. The van der Waals surface area contributed by atoms with Gasteiger partial charge >= 0.3 is 0 Å². The Hall–Kier alpha value is -3.42. The number of aliphatic hydroxyl groups is 1. The molecule has 0 unspecified atom stereocenters. The number of rotatable bonds is 10. The Balaban J connectivity index is 1.68. The average molecular weight is 491 g/mol. The molecule has 2 N–H and O–H groups in total. The second-order valence-electron chi connectivity index (χ2n) is 9.01. The number of carbonyl (C=O) groups is 2. The van der Waals surface area contributed by atoms with E-state index >= 15 is 0 Å². The van der Waals surface area contributed by atoms with Gasteiger partial charge in [-0.05, 0) is 49.5 Å². The second-order valence-corrected chi connectivity index (χ2v) is 9.01. The van der Waals surface area contributed by atoms with Gasteiger partial charge in [0.1, 0.15) is 0 Å². The lowest BCUT2D eigenvalue weighted by Crippen LogP contribution is -2.39. The zero-order valence-corrected chi connectivity index (χ0v) is 20.9. The number of benzene rings is 2. The van der Waals surface area contributed by atoms with Crippen LogP contribution in [-0.4, -0.2) is 47.5 Å². The lowest BCUT2D eigenvalue weighted by Gasteiger charge is -2.36. The van der Waals surface area contributed by atoms with E-state index in [1.165, 1.54) is 6.92 Å². The number of hydrogen-bond acceptors (Lipinski definition) is 5. The largest absolute Gasteiger partial charge is 0.459 e. The van der Waals surface area contributed by atoms with Crippen LogP contribution in [0, 0.1) is 5.92 Å². The molecule has 2 aromatic carbocycles. The van der Waals surface area contributed by atoms with Crippen LogP contribution in [0.5, 0.6) is 0 Å². The van der Waals surface area contributed by atoms with Gasteiger partial charge in [0, 0.05) is 50.1 Å². The van der Waals surface area contributed by atoms with Crippen LogP contribution in [0.15, 0.2) is 72.6 Å². The Morgan fingerprint density at radius 3 is 2.58 bits per heavy atom. The summed E-state index contributed by atoms with van der Waals surface area (Å²) in [5.74, 6) is -0.532. The number of ether oxygens (including phenoxy) is 2. The zero-order valence-electron chi connectivity index (χ0n) is 20.9. The highest BCUT2D eigenvalue weighted by Gasteiger charge is 2.39. The van der Waals surface area contributed by atoms with Crippen molar-refractivity contribution in [3.63, 3.8) is 0 Å². The van der Waals surface area contributed by atoms with Gasteiger partial charge in [-0.1, -0.05) is 48.5 Å². The normalized spacial score (nSPS) is 19.5. The molecule has 0 bridgehead atoms. The standard InChI is InChI=1S/C29H34N2O5/c1-3-35-29-23(13-9-17-32)24(25-19-31(20(2)33)26-14-8-7-12-22(25)26)18-27(36-29)28(34)30-16-15-21-10-5-4-6-11-21/h4-8,10-12,14,18-19,23-24,29,32H,3,9,13,15-17H2,1-2H3,(H,30,34)/t23-,24-,29+/m0/s1. The SMILES string of the molecule is CCO[C@@H]1OC(C(=O)NCCc2ccccc2)=C[C@H](c2cn(C(C)=O)c3ccccc23)[C@@H]1CCCO. The van der Waals surface area contributed by atoms with Gasteiger partial charge in [0.15, 0.2) is 5.76 Å². The number of aromatic nitrogens is 1. The Bertz CT molecular complexity index is 1220. The van der Waals surface area contributed by atoms with Crippen molar-refractivity contribution in [2.75, 3.05) is 19.8 Å². The molecule has 0 saturated heterocycles. The zero-order chi connectivity index (χ0) is 25.5. The van der Waals surface area contributed by atoms with Crippen LogP contribution in [0.2, 0.25) is 0 Å². The van der Waals surface area contributed by atoms with E-state index in [2.05, 4.69) is 5.32 Å². The van der Waals surface area contributed by atoms with Crippen LogP contribution < -0.4 is 5.32 Å². The molecule has 3 aromatic rings. The first kappa shape index (κ1) is 25.7. The fraction of sp³-hybridized carbons (Fsp3) is 0.379. The fourth-order valence-corrected chi connectivity index (χ4v) is 4.91. The Kier molecular flexibility index (Phi) is 8.57. The Morgan fingerprint density at radius 2 is 1.86 bits per heavy atom. The monoisotopic (exact) mass is 490 g/mol. The van der Waals surface area contributed by atoms with Crippen molar-refractivity contribution >= 4 is 22.7 Å². The van der Waals surface area contributed by atoms with E-state index in [9.17, 15) is 14.7 Å². The molecule has 4 rings (SSSR count). The molecule has 0 radical (unpaired) electrons. The van der Waals surface area contributed by atoms with Crippen LogP contribution in [0.25, 0.3) is 10.9 Å². The van der Waals surface area contributed by atoms with Crippen molar-refractivity contribution in [2.45, 2.75) is 45.3 Å². The number of allylic oxidation sites excluding steroid dienone is 1. The smallest absolute Gasteiger partial charge is 0.286 e. The minimum Gasteiger partial charge on any atom is -0.459 e. The van der Waals surface area contributed by atoms with Gasteiger partial charge in [0.05, 0.1) is 5.52 Å². The third-order valence-electron chi connectivity index (χ3n) is 6.62. The summed E-state index contributed by atoms with van der Waals surface area (Å²) >= 11 is 0. The number of amides is 1. The molecule has 0 saturated carbocycles.